The van der Waals surface area contributed by atoms with Crippen molar-refractivity contribution in [3.05, 3.63) is 35.0 Å². The Morgan fingerprint density at radius 3 is 2.80 bits per heavy atom. The minimum absolute atomic E-state index is 0.0625. The Labute approximate surface area is 56.2 Å². The summed E-state index contributed by atoms with van der Waals surface area (Å²) < 4.78 is 0. The molecule has 0 fully saturated rings. The van der Waals surface area contributed by atoms with Crippen LogP contribution in [0.1, 0.15) is 0 Å². The van der Waals surface area contributed by atoms with Crippen molar-refractivity contribution in [2.24, 2.45) is 10.3 Å². The van der Waals surface area contributed by atoms with Gasteiger partial charge in [-0.05, 0) is 6.08 Å². The van der Waals surface area contributed by atoms with Crippen LogP contribution < -0.4 is 0 Å². The minimum atomic E-state index is -0.0625. The van der Waals surface area contributed by atoms with Crippen molar-refractivity contribution in [2.45, 2.75) is 0 Å². The first-order valence-corrected chi connectivity index (χ1v) is 2.48. The fourth-order valence-electron chi connectivity index (χ4n) is 0.397. The van der Waals surface area contributed by atoms with Crippen molar-refractivity contribution in [3.63, 3.8) is 0 Å². The summed E-state index contributed by atoms with van der Waals surface area (Å²) in [5.74, 6) is 0. The maximum atomic E-state index is 10.4. The lowest BCUT2D eigenvalue weighted by molar-refractivity contribution is -0.672. The minimum Gasteiger partial charge on any atom is -0.590 e. The number of rotatable bonds is 0. The second-order valence-corrected chi connectivity index (χ2v) is 1.44. The average molecular weight is 140 g/mol. The fraction of sp³-hybridized carbons (Fsp3) is 0. The molecule has 6 heteroatoms. The first-order valence-electron chi connectivity index (χ1n) is 2.48. The van der Waals surface area contributed by atoms with E-state index in [1.54, 1.807) is 0 Å². The summed E-state index contributed by atoms with van der Waals surface area (Å²) in [7, 11) is 0. The Kier molecular flexibility index (Phi) is 1.74. The number of nitrogens with zero attached hydrogens (tertiary/aromatic N) is 4. The Balaban J connectivity index is 2.89. The van der Waals surface area contributed by atoms with E-state index in [9.17, 15) is 10.4 Å². The van der Waals surface area contributed by atoms with Crippen molar-refractivity contribution in [1.29, 1.82) is 0 Å². The highest BCUT2D eigenvalue weighted by atomic mass is 16.6. The molecule has 0 radical (unpaired) electrons. The van der Waals surface area contributed by atoms with E-state index in [4.69, 9.17) is 0 Å². The molecule has 0 aromatic heterocycles. The van der Waals surface area contributed by atoms with Gasteiger partial charge in [-0.15, -0.1) is 0 Å². The van der Waals surface area contributed by atoms with Crippen LogP contribution in [0.15, 0.2) is 34.9 Å². The normalized spacial score (nSPS) is 17.2. The van der Waals surface area contributed by atoms with Crippen molar-refractivity contribution in [1.82, 2.24) is 0 Å². The summed E-state index contributed by atoms with van der Waals surface area (Å²) in [5.41, 5.74) is 0. The molecule has 0 atom stereocenters. The molecule has 0 saturated heterocycles. The lowest BCUT2D eigenvalue weighted by Gasteiger charge is -1.89. The van der Waals surface area contributed by atoms with Crippen LogP contribution in [0, 0.1) is 10.4 Å². The Bertz CT molecular complexity index is 237. The molecule has 1 aliphatic heterocycles. The highest BCUT2D eigenvalue weighted by molar-refractivity contribution is 4.97. The quantitative estimate of drug-likeness (QED) is 0.369. The maximum Gasteiger partial charge on any atom is 0.326 e. The van der Waals surface area contributed by atoms with Gasteiger partial charge < -0.3 is 10.4 Å². The monoisotopic (exact) mass is 140 g/mol. The molecule has 0 aromatic carbocycles. The third-order valence-electron chi connectivity index (χ3n) is 0.741. The van der Waals surface area contributed by atoms with Gasteiger partial charge in [-0.1, -0.05) is 0 Å². The molecule has 0 aliphatic carbocycles. The molecule has 0 saturated carbocycles. The van der Waals surface area contributed by atoms with E-state index >= 15 is 0 Å². The molecule has 1 aliphatic rings. The topological polar surface area (TPSA) is 76.9 Å². The lowest BCUT2D eigenvalue weighted by atomic mass is 10.6. The second kappa shape index (κ2) is 2.72. The molecule has 1 rings (SSSR count). The molecular formula is C4H4N4O2. The predicted molar refractivity (Wildman–Crippen MR) is 30.4 cm³/mol. The van der Waals surface area contributed by atoms with E-state index in [2.05, 4.69) is 10.3 Å². The Morgan fingerprint density at radius 2 is 2.00 bits per heavy atom. The maximum absolute atomic E-state index is 10.4. The van der Waals surface area contributed by atoms with Gasteiger partial charge in [-0.25, -0.2) is 0 Å². The van der Waals surface area contributed by atoms with Crippen LogP contribution >= 0.6 is 0 Å². The zero-order valence-corrected chi connectivity index (χ0v) is 4.91. The van der Waals surface area contributed by atoms with Crippen LogP contribution in [0.2, 0.25) is 0 Å². The van der Waals surface area contributed by atoms with Gasteiger partial charge in [0.25, 0.3) is 0 Å². The van der Waals surface area contributed by atoms with Crippen molar-refractivity contribution in [2.75, 3.05) is 0 Å². The molecule has 10 heavy (non-hydrogen) atoms. The van der Waals surface area contributed by atoms with Gasteiger partial charge in [0, 0.05) is 16.1 Å². The SMILES string of the molecule is [O-][N+]1=N[N+]([O-])=NC=CC=C1. The molecular weight excluding hydrogens is 136 g/mol. The van der Waals surface area contributed by atoms with Crippen LogP contribution in [-0.2, 0) is 0 Å². The standard InChI is InChI=1S/C4H4N4O2/c9-7-4-2-1-3-5-8(10)6-7/h1-4H. The van der Waals surface area contributed by atoms with E-state index in [0.29, 0.717) is 0 Å². The largest absolute Gasteiger partial charge is 0.590 e. The predicted octanol–water partition coefficient (Wildman–Crippen LogP) is 0.867. The van der Waals surface area contributed by atoms with Crippen LogP contribution in [0.4, 0.5) is 0 Å². The lowest BCUT2D eigenvalue weighted by Crippen LogP contribution is -1.97. The van der Waals surface area contributed by atoms with E-state index in [1.807, 2.05) is 0 Å². The number of hydroxylamine groups is 1. The molecule has 0 spiro atoms. The third-order valence-corrected chi connectivity index (χ3v) is 0.741. The van der Waals surface area contributed by atoms with Gasteiger partial charge in [0.15, 0.2) is 0 Å². The van der Waals surface area contributed by atoms with E-state index in [1.165, 1.54) is 18.4 Å². The smallest absolute Gasteiger partial charge is 0.326 e. The molecule has 0 unspecified atom stereocenters. The fourth-order valence-corrected chi connectivity index (χ4v) is 0.397. The van der Waals surface area contributed by atoms with Gasteiger partial charge in [0.1, 0.15) is 4.97 Å². The van der Waals surface area contributed by atoms with E-state index < -0.39 is 0 Å². The molecule has 52 valence electrons. The van der Waals surface area contributed by atoms with Crippen molar-refractivity contribution in [3.8, 4) is 0 Å². The Morgan fingerprint density at radius 1 is 1.20 bits per heavy atom. The summed E-state index contributed by atoms with van der Waals surface area (Å²) in [6.45, 7) is 0. The molecule has 6 nitrogen and oxygen atoms in total. The first kappa shape index (κ1) is 6.40. The second-order valence-electron chi connectivity index (χ2n) is 1.44. The summed E-state index contributed by atoms with van der Waals surface area (Å²) >= 11 is 0. The van der Waals surface area contributed by atoms with Crippen molar-refractivity contribution < 1.29 is 9.83 Å². The first-order chi connectivity index (χ1) is 4.79. The van der Waals surface area contributed by atoms with E-state index in [-0.39, 0.29) is 9.83 Å². The molecule has 0 aromatic rings. The van der Waals surface area contributed by atoms with Gasteiger partial charge >= 0.3 is 5.22 Å². The van der Waals surface area contributed by atoms with Crippen LogP contribution in [0.25, 0.3) is 0 Å². The van der Waals surface area contributed by atoms with Gasteiger partial charge in [0.2, 0.25) is 6.20 Å². The summed E-state index contributed by atoms with van der Waals surface area (Å²) in [6.07, 6.45) is 5.20. The van der Waals surface area contributed by atoms with Crippen LogP contribution in [0.5, 0.6) is 0 Å². The molecule has 0 amide bonds. The number of hydrogen-bond donors (Lipinski definition) is 0. The van der Waals surface area contributed by atoms with E-state index in [0.717, 1.165) is 6.20 Å². The van der Waals surface area contributed by atoms with Gasteiger partial charge in [-0.3, -0.25) is 0 Å². The van der Waals surface area contributed by atoms with Gasteiger partial charge in [-0.2, -0.15) is 0 Å². The van der Waals surface area contributed by atoms with Crippen molar-refractivity contribution >= 4 is 0 Å². The highest BCUT2D eigenvalue weighted by Gasteiger charge is 1.97. The highest BCUT2D eigenvalue weighted by Crippen LogP contribution is 1.89. The molecule has 0 N–H and O–H groups in total. The van der Waals surface area contributed by atoms with Gasteiger partial charge in [0.05, 0.1) is 6.20 Å². The third kappa shape index (κ3) is 1.66. The summed E-state index contributed by atoms with van der Waals surface area (Å²) in [5, 5.41) is 26.7. The van der Waals surface area contributed by atoms with Crippen LogP contribution in [0.3, 0.4) is 0 Å². The number of hydrogen-bond acceptors (Lipinski definition) is 4. The zero-order chi connectivity index (χ0) is 7.40. The van der Waals surface area contributed by atoms with Crippen LogP contribution in [-0.4, -0.2) is 9.83 Å². The Hall–Kier alpha value is -1.72. The molecule has 1 heterocycles. The molecule has 0 bridgehead atoms. The number of allylic oxidation sites excluding steroid dienone is 2. The summed E-state index contributed by atoms with van der Waals surface area (Å²) in [4.78, 5) is 0.0625. The summed E-state index contributed by atoms with van der Waals surface area (Å²) in [6, 6.07) is 0. The average Bonchev–Trinajstić information content (AvgIpc) is 1.83. The zero-order valence-electron chi connectivity index (χ0n) is 4.91.